The highest BCUT2D eigenvalue weighted by molar-refractivity contribution is 4.96. The van der Waals surface area contributed by atoms with Crippen LogP contribution in [0.25, 0.3) is 0 Å². The highest BCUT2D eigenvalue weighted by Gasteiger charge is 2.42. The van der Waals surface area contributed by atoms with Crippen molar-refractivity contribution in [2.24, 2.45) is 5.92 Å². The summed E-state index contributed by atoms with van der Waals surface area (Å²) in [4.78, 5) is 2.39. The number of nitrogens with zero attached hydrogens (tertiary/aromatic N) is 1. The average molecular weight is 243 g/mol. The van der Waals surface area contributed by atoms with Crippen molar-refractivity contribution in [1.29, 1.82) is 0 Å². The monoisotopic (exact) mass is 243 g/mol. The Kier molecular flexibility index (Phi) is 4.42. The van der Waals surface area contributed by atoms with Gasteiger partial charge in [0.05, 0.1) is 25.9 Å². The van der Waals surface area contributed by atoms with Crippen LogP contribution >= 0.6 is 0 Å². The number of morpholine rings is 1. The van der Waals surface area contributed by atoms with Crippen LogP contribution < -0.4 is 0 Å². The first-order valence-corrected chi connectivity index (χ1v) is 6.77. The number of ether oxygens (including phenoxy) is 2. The molecule has 0 bridgehead atoms. The molecule has 3 atom stereocenters. The highest BCUT2D eigenvalue weighted by Crippen LogP contribution is 2.32. The van der Waals surface area contributed by atoms with Gasteiger partial charge in [-0.1, -0.05) is 6.92 Å². The Hall–Kier alpha value is -0.160. The van der Waals surface area contributed by atoms with E-state index in [1.807, 2.05) is 0 Å². The highest BCUT2D eigenvalue weighted by atomic mass is 16.5. The van der Waals surface area contributed by atoms with Crippen LogP contribution in [0.15, 0.2) is 0 Å². The minimum Gasteiger partial charge on any atom is -0.391 e. The maximum absolute atomic E-state index is 10.7. The van der Waals surface area contributed by atoms with Gasteiger partial charge in [-0.2, -0.15) is 0 Å². The molecule has 2 aliphatic rings. The van der Waals surface area contributed by atoms with Gasteiger partial charge in [0.2, 0.25) is 0 Å². The summed E-state index contributed by atoms with van der Waals surface area (Å²) in [5.41, 5.74) is -0.137. The van der Waals surface area contributed by atoms with Crippen LogP contribution in [0.5, 0.6) is 0 Å². The van der Waals surface area contributed by atoms with E-state index in [1.54, 1.807) is 0 Å². The van der Waals surface area contributed by atoms with Crippen molar-refractivity contribution in [3.8, 4) is 0 Å². The Morgan fingerprint density at radius 3 is 2.53 bits per heavy atom. The first-order valence-electron chi connectivity index (χ1n) is 6.77. The van der Waals surface area contributed by atoms with Crippen LogP contribution in [0, 0.1) is 5.92 Å². The molecule has 2 heterocycles. The van der Waals surface area contributed by atoms with E-state index in [-0.39, 0.29) is 11.6 Å². The molecule has 0 aliphatic carbocycles. The van der Waals surface area contributed by atoms with Crippen molar-refractivity contribution in [1.82, 2.24) is 4.90 Å². The van der Waals surface area contributed by atoms with E-state index in [0.717, 1.165) is 45.8 Å². The Morgan fingerprint density at radius 1 is 1.29 bits per heavy atom. The van der Waals surface area contributed by atoms with Gasteiger partial charge in [-0.15, -0.1) is 0 Å². The molecule has 0 aromatic rings. The Bertz CT molecular complexity index is 237. The lowest BCUT2D eigenvalue weighted by atomic mass is 9.81. The molecule has 0 spiro atoms. The van der Waals surface area contributed by atoms with Gasteiger partial charge in [-0.05, 0) is 19.8 Å². The van der Waals surface area contributed by atoms with E-state index in [4.69, 9.17) is 9.47 Å². The van der Waals surface area contributed by atoms with Crippen LogP contribution in [-0.2, 0) is 9.47 Å². The lowest BCUT2D eigenvalue weighted by Gasteiger charge is -2.47. The lowest BCUT2D eigenvalue weighted by Crippen LogP contribution is -2.59. The number of hydrogen-bond acceptors (Lipinski definition) is 4. The number of aliphatic hydroxyl groups is 1. The third-order valence-electron chi connectivity index (χ3n) is 4.50. The Labute approximate surface area is 104 Å². The third kappa shape index (κ3) is 2.65. The molecule has 17 heavy (non-hydrogen) atoms. The molecule has 2 saturated heterocycles. The molecule has 4 nitrogen and oxygen atoms in total. The van der Waals surface area contributed by atoms with Crippen molar-refractivity contribution in [2.45, 2.75) is 38.3 Å². The molecule has 1 N–H and O–H groups in total. The first kappa shape index (κ1) is 13.3. The summed E-state index contributed by atoms with van der Waals surface area (Å²) in [5, 5.41) is 10.7. The van der Waals surface area contributed by atoms with E-state index in [2.05, 4.69) is 18.7 Å². The minimum absolute atomic E-state index is 0.137. The van der Waals surface area contributed by atoms with Crippen LogP contribution in [0.3, 0.4) is 0 Å². The second-order valence-corrected chi connectivity index (χ2v) is 5.38. The minimum atomic E-state index is -0.298. The maximum Gasteiger partial charge on any atom is 0.0771 e. The summed E-state index contributed by atoms with van der Waals surface area (Å²) in [6.45, 7) is 9.26. The molecule has 2 rings (SSSR count). The van der Waals surface area contributed by atoms with Crippen molar-refractivity contribution in [3.63, 3.8) is 0 Å². The van der Waals surface area contributed by atoms with Gasteiger partial charge in [-0.25, -0.2) is 0 Å². The molecule has 2 aliphatic heterocycles. The smallest absolute Gasteiger partial charge is 0.0771 e. The first-order chi connectivity index (χ1) is 8.18. The molecule has 0 radical (unpaired) electrons. The summed E-state index contributed by atoms with van der Waals surface area (Å²) in [6.07, 6.45) is 1.65. The normalized spacial score (nSPS) is 32.3. The van der Waals surface area contributed by atoms with Crippen molar-refractivity contribution >= 4 is 0 Å². The molecular weight excluding hydrogens is 218 g/mol. The van der Waals surface area contributed by atoms with Crippen molar-refractivity contribution in [2.75, 3.05) is 39.5 Å². The number of hydrogen-bond donors (Lipinski definition) is 1. The molecular formula is C13H25NO3. The predicted molar refractivity (Wildman–Crippen MR) is 66.0 cm³/mol. The molecule has 0 aromatic carbocycles. The van der Waals surface area contributed by atoms with Crippen LogP contribution in [0.1, 0.15) is 26.7 Å². The Balaban J connectivity index is 2.05. The quantitative estimate of drug-likeness (QED) is 0.796. The van der Waals surface area contributed by atoms with Gasteiger partial charge < -0.3 is 14.6 Å². The van der Waals surface area contributed by atoms with Crippen LogP contribution in [-0.4, -0.2) is 61.2 Å². The van der Waals surface area contributed by atoms with E-state index >= 15 is 0 Å². The summed E-state index contributed by atoms with van der Waals surface area (Å²) in [6, 6.07) is 0. The zero-order valence-electron chi connectivity index (χ0n) is 11.0. The second kappa shape index (κ2) is 5.65. The third-order valence-corrected chi connectivity index (χ3v) is 4.50. The fraction of sp³-hybridized carbons (Fsp3) is 1.00. The van der Waals surface area contributed by atoms with Gasteiger partial charge in [-0.3, -0.25) is 4.90 Å². The van der Waals surface area contributed by atoms with Gasteiger partial charge in [0, 0.05) is 31.2 Å². The van der Waals surface area contributed by atoms with E-state index < -0.39 is 0 Å². The maximum atomic E-state index is 10.7. The number of rotatable bonds is 4. The lowest BCUT2D eigenvalue weighted by molar-refractivity contribution is -0.0905. The number of aliphatic hydroxyl groups excluding tert-OH is 1. The zero-order valence-corrected chi connectivity index (χ0v) is 11.0. The average Bonchev–Trinajstić information content (AvgIpc) is 2.92. The van der Waals surface area contributed by atoms with E-state index in [1.165, 1.54) is 0 Å². The molecule has 0 saturated carbocycles. The topological polar surface area (TPSA) is 41.9 Å². The van der Waals surface area contributed by atoms with Crippen LogP contribution in [0.2, 0.25) is 0 Å². The van der Waals surface area contributed by atoms with Gasteiger partial charge >= 0.3 is 0 Å². The summed E-state index contributed by atoms with van der Waals surface area (Å²) >= 11 is 0. The van der Waals surface area contributed by atoms with Gasteiger partial charge in [0.15, 0.2) is 0 Å². The molecule has 4 heteroatoms. The standard InChI is InChI=1S/C13H25NO3/c1-3-13(2,14-5-8-16-9-6-14)12(15)11-4-7-17-10-11/h11-12,15H,3-10H2,1-2H3. The summed E-state index contributed by atoms with van der Waals surface area (Å²) in [5.74, 6) is 0.294. The predicted octanol–water partition coefficient (Wildman–Crippen LogP) is 0.885. The van der Waals surface area contributed by atoms with Crippen molar-refractivity contribution < 1.29 is 14.6 Å². The molecule has 3 unspecified atom stereocenters. The molecule has 2 fully saturated rings. The van der Waals surface area contributed by atoms with Gasteiger partial charge in [0.1, 0.15) is 0 Å². The summed E-state index contributed by atoms with van der Waals surface area (Å²) < 4.78 is 10.8. The fourth-order valence-electron chi connectivity index (χ4n) is 3.00. The van der Waals surface area contributed by atoms with Crippen LogP contribution in [0.4, 0.5) is 0 Å². The SMILES string of the molecule is CCC(C)(C(O)C1CCOC1)N1CCOCC1. The fourth-order valence-corrected chi connectivity index (χ4v) is 3.00. The molecule has 0 aromatic heterocycles. The zero-order chi connectivity index (χ0) is 12.3. The van der Waals surface area contributed by atoms with E-state index in [9.17, 15) is 5.11 Å². The molecule has 0 amide bonds. The van der Waals surface area contributed by atoms with E-state index in [0.29, 0.717) is 12.5 Å². The second-order valence-electron chi connectivity index (χ2n) is 5.38. The summed E-state index contributed by atoms with van der Waals surface area (Å²) in [7, 11) is 0. The van der Waals surface area contributed by atoms with Gasteiger partial charge in [0.25, 0.3) is 0 Å². The Morgan fingerprint density at radius 2 is 2.00 bits per heavy atom. The molecule has 100 valence electrons. The largest absolute Gasteiger partial charge is 0.391 e. The van der Waals surface area contributed by atoms with Crippen molar-refractivity contribution in [3.05, 3.63) is 0 Å².